The van der Waals surface area contributed by atoms with Crippen LogP contribution in [0.4, 0.5) is 4.39 Å². The van der Waals surface area contributed by atoms with Crippen molar-refractivity contribution in [1.29, 1.82) is 0 Å². The maximum atomic E-state index is 13.6. The van der Waals surface area contributed by atoms with Crippen LogP contribution in [0.1, 0.15) is 65.2 Å². The molecule has 0 radical (unpaired) electrons. The molecule has 136 valence electrons. The van der Waals surface area contributed by atoms with Crippen molar-refractivity contribution in [3.05, 3.63) is 0 Å². The second-order valence-corrected chi connectivity index (χ2v) is 9.76. The van der Waals surface area contributed by atoms with Gasteiger partial charge in [-0.15, -0.1) is 0 Å². The zero-order valence-electron chi connectivity index (χ0n) is 14.9. The first-order valence-corrected chi connectivity index (χ1v) is 9.77. The Hall–Kier alpha value is -0.640. The van der Waals surface area contributed by atoms with Gasteiger partial charge in [0.25, 0.3) is 0 Å². The third kappa shape index (κ3) is 1.84. The maximum absolute atomic E-state index is 13.6. The lowest BCUT2D eigenvalue weighted by Crippen LogP contribution is -2.67. The van der Waals surface area contributed by atoms with Crippen molar-refractivity contribution in [2.24, 2.45) is 39.9 Å². The van der Waals surface area contributed by atoms with E-state index in [-0.39, 0.29) is 28.6 Å². The average molecular weight is 338 g/mol. The lowest BCUT2D eigenvalue weighted by Gasteiger charge is -2.69. The first-order chi connectivity index (χ1) is 11.3. The summed E-state index contributed by atoms with van der Waals surface area (Å²) in [6, 6.07) is 0. The molecule has 4 heteroatoms. The van der Waals surface area contributed by atoms with Gasteiger partial charge in [-0.05, 0) is 75.0 Å². The lowest BCUT2D eigenvalue weighted by molar-refractivity contribution is -0.246. The summed E-state index contributed by atoms with van der Waals surface area (Å²) in [5.74, 6) is -0.0193. The Morgan fingerprint density at radius 2 is 1.83 bits per heavy atom. The standard InChI is InChI=1S/C20H31FO3/c1-18-6-3-7-19(2,17(23)24)14(18)5-9-20-8-4-12(10-15(18)20)13(11-21)16(20)22/h12-16,22H,3-11H2,1-2H3,(H,23,24)/t12-,13+,14+,15+,16-,18-,19-,20+/m1/s1. The minimum atomic E-state index is -0.655. The zero-order valence-corrected chi connectivity index (χ0v) is 14.9. The van der Waals surface area contributed by atoms with Crippen LogP contribution in [0.5, 0.6) is 0 Å². The van der Waals surface area contributed by atoms with Crippen molar-refractivity contribution >= 4 is 5.97 Å². The first kappa shape index (κ1) is 16.8. The molecule has 0 aromatic rings. The van der Waals surface area contributed by atoms with E-state index in [4.69, 9.17) is 0 Å². The van der Waals surface area contributed by atoms with Crippen LogP contribution in [-0.4, -0.2) is 29.0 Å². The van der Waals surface area contributed by atoms with Gasteiger partial charge >= 0.3 is 5.97 Å². The molecule has 0 unspecified atom stereocenters. The molecular weight excluding hydrogens is 307 g/mol. The van der Waals surface area contributed by atoms with Gasteiger partial charge in [0.2, 0.25) is 0 Å². The van der Waals surface area contributed by atoms with Gasteiger partial charge in [-0.25, -0.2) is 0 Å². The van der Waals surface area contributed by atoms with E-state index in [9.17, 15) is 19.4 Å². The molecule has 0 aliphatic heterocycles. The lowest BCUT2D eigenvalue weighted by atomic mass is 9.35. The summed E-state index contributed by atoms with van der Waals surface area (Å²) in [6.07, 6.45) is 7.04. The summed E-state index contributed by atoms with van der Waals surface area (Å²) < 4.78 is 13.6. The topological polar surface area (TPSA) is 57.5 Å². The summed E-state index contributed by atoms with van der Waals surface area (Å²) in [6.45, 7) is 3.83. The Bertz CT molecular complexity index is 551. The molecule has 5 fully saturated rings. The molecule has 24 heavy (non-hydrogen) atoms. The molecule has 5 rings (SSSR count). The second-order valence-electron chi connectivity index (χ2n) is 9.76. The third-order valence-corrected chi connectivity index (χ3v) is 9.15. The molecular formula is C20H31FO3. The average Bonchev–Trinajstić information content (AvgIpc) is 2.55. The molecule has 0 aromatic carbocycles. The molecule has 5 aliphatic carbocycles. The number of halogens is 1. The second kappa shape index (κ2) is 5.18. The number of hydrogen-bond donors (Lipinski definition) is 2. The fraction of sp³-hybridized carbons (Fsp3) is 0.950. The van der Waals surface area contributed by atoms with Gasteiger partial charge in [-0.1, -0.05) is 13.3 Å². The predicted octanol–water partition coefficient (Wildman–Crippen LogP) is 4.04. The van der Waals surface area contributed by atoms with Crippen molar-refractivity contribution in [3.8, 4) is 0 Å². The molecule has 0 heterocycles. The molecule has 8 atom stereocenters. The van der Waals surface area contributed by atoms with Gasteiger partial charge in [-0.3, -0.25) is 9.18 Å². The number of hydrogen-bond acceptors (Lipinski definition) is 2. The van der Waals surface area contributed by atoms with Crippen molar-refractivity contribution in [1.82, 2.24) is 0 Å². The van der Waals surface area contributed by atoms with Crippen LogP contribution in [0, 0.1) is 39.9 Å². The number of aliphatic hydroxyl groups excluding tert-OH is 1. The van der Waals surface area contributed by atoms with Gasteiger partial charge in [0.15, 0.2) is 0 Å². The minimum Gasteiger partial charge on any atom is -0.481 e. The van der Waals surface area contributed by atoms with Crippen LogP contribution >= 0.6 is 0 Å². The van der Waals surface area contributed by atoms with E-state index in [0.717, 1.165) is 51.4 Å². The molecule has 3 nitrogen and oxygen atoms in total. The van der Waals surface area contributed by atoms with E-state index in [1.165, 1.54) is 0 Å². The van der Waals surface area contributed by atoms with Gasteiger partial charge < -0.3 is 10.2 Å². The summed E-state index contributed by atoms with van der Waals surface area (Å²) in [4.78, 5) is 12.1. The highest BCUT2D eigenvalue weighted by Crippen LogP contribution is 2.72. The number of carboxylic acids is 1. The summed E-state index contributed by atoms with van der Waals surface area (Å²) in [5, 5.41) is 20.9. The highest BCUT2D eigenvalue weighted by atomic mass is 19.1. The van der Waals surface area contributed by atoms with Gasteiger partial charge in [-0.2, -0.15) is 0 Å². The van der Waals surface area contributed by atoms with Crippen LogP contribution < -0.4 is 0 Å². The van der Waals surface area contributed by atoms with Crippen molar-refractivity contribution in [2.45, 2.75) is 71.3 Å². The van der Waals surface area contributed by atoms with Crippen molar-refractivity contribution < 1.29 is 19.4 Å². The van der Waals surface area contributed by atoms with E-state index in [0.29, 0.717) is 5.92 Å². The van der Waals surface area contributed by atoms with E-state index < -0.39 is 24.2 Å². The summed E-state index contributed by atoms with van der Waals surface area (Å²) >= 11 is 0. The van der Waals surface area contributed by atoms with Crippen LogP contribution in [0.3, 0.4) is 0 Å². The Morgan fingerprint density at radius 1 is 1.12 bits per heavy atom. The van der Waals surface area contributed by atoms with Crippen molar-refractivity contribution in [3.63, 3.8) is 0 Å². The number of fused-ring (bicyclic) bond motifs is 3. The number of alkyl halides is 1. The monoisotopic (exact) mass is 338 g/mol. The third-order valence-electron chi connectivity index (χ3n) is 9.15. The largest absolute Gasteiger partial charge is 0.481 e. The van der Waals surface area contributed by atoms with E-state index in [1.807, 2.05) is 6.92 Å². The predicted molar refractivity (Wildman–Crippen MR) is 89.2 cm³/mol. The molecule has 0 amide bonds. The van der Waals surface area contributed by atoms with E-state index in [1.54, 1.807) is 0 Å². The number of aliphatic carboxylic acids is 1. The fourth-order valence-corrected chi connectivity index (χ4v) is 7.94. The Balaban J connectivity index is 1.75. The van der Waals surface area contributed by atoms with Gasteiger partial charge in [0.1, 0.15) is 0 Å². The number of carboxylic acid groups (broad SMARTS) is 1. The number of rotatable bonds is 2. The van der Waals surface area contributed by atoms with Gasteiger partial charge in [0.05, 0.1) is 18.2 Å². The summed E-state index contributed by atoms with van der Waals surface area (Å²) in [5.41, 5.74) is -0.826. The minimum absolute atomic E-state index is 0.0232. The Kier molecular flexibility index (Phi) is 3.63. The molecule has 5 saturated carbocycles. The summed E-state index contributed by atoms with van der Waals surface area (Å²) in [7, 11) is 0. The molecule has 0 aromatic heterocycles. The molecule has 2 bridgehead atoms. The fourth-order valence-electron chi connectivity index (χ4n) is 7.94. The smallest absolute Gasteiger partial charge is 0.309 e. The zero-order chi connectivity index (χ0) is 17.3. The first-order valence-electron chi connectivity index (χ1n) is 9.77. The van der Waals surface area contributed by atoms with E-state index in [2.05, 4.69) is 6.92 Å². The van der Waals surface area contributed by atoms with Crippen LogP contribution in [-0.2, 0) is 4.79 Å². The van der Waals surface area contributed by atoms with Crippen LogP contribution in [0.15, 0.2) is 0 Å². The molecule has 5 aliphatic rings. The Morgan fingerprint density at radius 3 is 2.50 bits per heavy atom. The maximum Gasteiger partial charge on any atom is 0.309 e. The molecule has 2 N–H and O–H groups in total. The Labute approximate surface area is 144 Å². The number of aliphatic hydroxyl groups is 1. The quantitative estimate of drug-likeness (QED) is 0.799. The molecule has 0 saturated heterocycles. The number of carbonyl (C=O) groups is 1. The normalized spacial score (nSPS) is 56.4. The SMILES string of the molecule is C[C@@]12CCC[C@@](C)(C(=O)O)[C@H]1CC[C@@]13CC[C@H](C[C@@H]21)[C@H](CF)[C@H]3O. The highest BCUT2D eigenvalue weighted by molar-refractivity contribution is 5.75. The molecule has 1 spiro atoms. The van der Waals surface area contributed by atoms with Gasteiger partial charge in [0, 0.05) is 11.3 Å². The van der Waals surface area contributed by atoms with Crippen LogP contribution in [0.2, 0.25) is 0 Å². The van der Waals surface area contributed by atoms with E-state index >= 15 is 0 Å². The highest BCUT2D eigenvalue weighted by Gasteiger charge is 2.68. The van der Waals surface area contributed by atoms with Crippen LogP contribution in [0.25, 0.3) is 0 Å². The van der Waals surface area contributed by atoms with Crippen molar-refractivity contribution in [2.75, 3.05) is 6.67 Å².